The lowest BCUT2D eigenvalue weighted by Crippen LogP contribution is -2.14. The molecule has 0 N–H and O–H groups in total. The van der Waals surface area contributed by atoms with Gasteiger partial charge in [-0.05, 0) is 48.9 Å². The first kappa shape index (κ1) is 20.1. The molecule has 0 aliphatic heterocycles. The topological polar surface area (TPSA) is 119 Å². The van der Waals surface area contributed by atoms with E-state index in [0.717, 1.165) is 49.5 Å². The summed E-state index contributed by atoms with van der Waals surface area (Å²) in [5, 5.41) is 23.1. The number of rotatable bonds is 6. The van der Waals surface area contributed by atoms with Crippen LogP contribution in [0.15, 0.2) is 60.7 Å². The Balaban J connectivity index is 1.70. The highest BCUT2D eigenvalue weighted by molar-refractivity contribution is 7.21. The Kier molecular flexibility index (Phi) is 5.14. The fraction of sp³-hybridized carbons (Fsp3) is 0.0476. The SMILES string of the molecule is Cc1ccc2sc(-c3ccc(N(C=O)c4cc([N+](=O)[O-])cc([N+](=O)[O-])c4)cc3)nc2c1. The summed E-state index contributed by atoms with van der Waals surface area (Å²) in [6, 6.07) is 16.0. The summed E-state index contributed by atoms with van der Waals surface area (Å²) < 4.78 is 1.06. The molecule has 4 rings (SSSR count). The number of non-ortho nitro benzene ring substituents is 2. The van der Waals surface area contributed by atoms with Crippen molar-refractivity contribution < 1.29 is 14.6 Å². The minimum atomic E-state index is -0.739. The van der Waals surface area contributed by atoms with Gasteiger partial charge in [0.25, 0.3) is 11.4 Å². The smallest absolute Gasteiger partial charge is 0.278 e. The summed E-state index contributed by atoms with van der Waals surface area (Å²) in [7, 11) is 0. The summed E-state index contributed by atoms with van der Waals surface area (Å²) in [5.41, 5.74) is 2.35. The molecule has 10 heteroatoms. The summed E-state index contributed by atoms with van der Waals surface area (Å²) in [6.07, 6.45) is 0.457. The second-order valence-electron chi connectivity index (χ2n) is 6.73. The van der Waals surface area contributed by atoms with Gasteiger partial charge in [-0.15, -0.1) is 11.3 Å². The molecule has 0 spiro atoms. The van der Waals surface area contributed by atoms with Crippen LogP contribution in [0.3, 0.4) is 0 Å². The van der Waals surface area contributed by atoms with Crippen molar-refractivity contribution in [2.75, 3.05) is 4.90 Å². The number of nitro benzene ring substituents is 2. The van der Waals surface area contributed by atoms with Crippen LogP contribution in [0.25, 0.3) is 20.8 Å². The quantitative estimate of drug-likeness (QED) is 0.228. The highest BCUT2D eigenvalue weighted by Gasteiger charge is 2.20. The van der Waals surface area contributed by atoms with E-state index >= 15 is 0 Å². The number of aromatic nitrogens is 1. The molecule has 0 aliphatic rings. The second-order valence-corrected chi connectivity index (χ2v) is 7.76. The number of hydrogen-bond acceptors (Lipinski definition) is 7. The molecule has 0 saturated heterocycles. The van der Waals surface area contributed by atoms with Crippen molar-refractivity contribution in [3.05, 3.63) is 86.5 Å². The lowest BCUT2D eigenvalue weighted by molar-refractivity contribution is -0.394. The molecular formula is C21H14N4O5S. The van der Waals surface area contributed by atoms with Crippen LogP contribution in [0.4, 0.5) is 22.7 Å². The van der Waals surface area contributed by atoms with Crippen molar-refractivity contribution in [1.82, 2.24) is 4.98 Å². The van der Waals surface area contributed by atoms with E-state index in [0.29, 0.717) is 12.1 Å². The fourth-order valence-corrected chi connectivity index (χ4v) is 4.08. The lowest BCUT2D eigenvalue weighted by atomic mass is 10.1. The molecule has 1 heterocycles. The van der Waals surface area contributed by atoms with E-state index in [4.69, 9.17) is 0 Å². The van der Waals surface area contributed by atoms with E-state index < -0.39 is 21.2 Å². The van der Waals surface area contributed by atoms with Gasteiger partial charge in [-0.2, -0.15) is 0 Å². The number of nitro groups is 2. The Labute approximate surface area is 179 Å². The summed E-state index contributed by atoms with van der Waals surface area (Å²) >= 11 is 1.54. The molecule has 31 heavy (non-hydrogen) atoms. The van der Waals surface area contributed by atoms with Crippen LogP contribution in [0.1, 0.15) is 5.56 Å². The Hall–Kier alpha value is -4.18. The minimum Gasteiger partial charge on any atom is -0.283 e. The van der Waals surface area contributed by atoms with Crippen LogP contribution in [0.2, 0.25) is 0 Å². The number of benzene rings is 3. The van der Waals surface area contributed by atoms with E-state index in [1.807, 2.05) is 25.1 Å². The largest absolute Gasteiger partial charge is 0.283 e. The fourth-order valence-electron chi connectivity index (χ4n) is 3.13. The first-order chi connectivity index (χ1) is 14.9. The van der Waals surface area contributed by atoms with Crippen molar-refractivity contribution in [3.8, 4) is 10.6 Å². The maximum absolute atomic E-state index is 11.7. The lowest BCUT2D eigenvalue weighted by Gasteiger charge is -2.17. The van der Waals surface area contributed by atoms with Crippen molar-refractivity contribution in [3.63, 3.8) is 0 Å². The van der Waals surface area contributed by atoms with Gasteiger partial charge in [-0.1, -0.05) is 6.07 Å². The maximum Gasteiger partial charge on any atom is 0.278 e. The Morgan fingerprint density at radius 3 is 2.13 bits per heavy atom. The molecule has 0 bridgehead atoms. The molecule has 154 valence electrons. The van der Waals surface area contributed by atoms with Crippen molar-refractivity contribution in [2.24, 2.45) is 0 Å². The molecule has 0 fully saturated rings. The first-order valence-electron chi connectivity index (χ1n) is 9.02. The second kappa shape index (κ2) is 7.92. The van der Waals surface area contributed by atoms with E-state index in [1.165, 1.54) is 0 Å². The Morgan fingerprint density at radius 1 is 0.903 bits per heavy atom. The predicted octanol–water partition coefficient (Wildman–Crippen LogP) is 5.38. The number of anilines is 2. The third kappa shape index (κ3) is 3.96. The van der Waals surface area contributed by atoms with Crippen molar-refractivity contribution >= 4 is 50.7 Å². The summed E-state index contributed by atoms with van der Waals surface area (Å²) in [6.45, 7) is 2.00. The first-order valence-corrected chi connectivity index (χ1v) is 9.83. The van der Waals surface area contributed by atoms with E-state index in [1.54, 1.807) is 35.6 Å². The summed E-state index contributed by atoms with van der Waals surface area (Å²) in [4.78, 5) is 38.3. The third-order valence-electron chi connectivity index (χ3n) is 4.63. The molecule has 0 aliphatic carbocycles. The molecule has 0 atom stereocenters. The molecule has 1 amide bonds. The van der Waals surface area contributed by atoms with Gasteiger partial charge in [-0.3, -0.25) is 29.9 Å². The van der Waals surface area contributed by atoms with E-state index in [9.17, 15) is 25.0 Å². The summed E-state index contributed by atoms with van der Waals surface area (Å²) in [5.74, 6) is 0. The molecule has 0 unspecified atom stereocenters. The highest BCUT2D eigenvalue weighted by atomic mass is 32.1. The zero-order chi connectivity index (χ0) is 22.1. The third-order valence-corrected chi connectivity index (χ3v) is 5.71. The molecular weight excluding hydrogens is 420 g/mol. The number of carbonyl (C=O) groups excluding carboxylic acids is 1. The van der Waals surface area contributed by atoms with E-state index in [2.05, 4.69) is 4.98 Å². The van der Waals surface area contributed by atoms with Gasteiger partial charge in [0.15, 0.2) is 0 Å². The molecule has 0 radical (unpaired) electrons. The van der Waals surface area contributed by atoms with Crippen LogP contribution in [-0.4, -0.2) is 21.2 Å². The Bertz CT molecular complexity index is 1300. The molecule has 9 nitrogen and oxygen atoms in total. The van der Waals surface area contributed by atoms with Gasteiger partial charge in [0.2, 0.25) is 6.41 Å². The molecule has 3 aromatic carbocycles. The molecule has 4 aromatic rings. The molecule has 0 saturated carbocycles. The van der Waals surface area contributed by atoms with Crippen LogP contribution in [-0.2, 0) is 4.79 Å². The maximum atomic E-state index is 11.7. The minimum absolute atomic E-state index is 0.0270. The van der Waals surface area contributed by atoms with Gasteiger partial charge in [0.1, 0.15) is 5.01 Å². The van der Waals surface area contributed by atoms with Crippen molar-refractivity contribution in [2.45, 2.75) is 6.92 Å². The number of fused-ring (bicyclic) bond motifs is 1. The normalized spacial score (nSPS) is 10.7. The van der Waals surface area contributed by atoms with Crippen LogP contribution >= 0.6 is 11.3 Å². The highest BCUT2D eigenvalue weighted by Crippen LogP contribution is 2.34. The zero-order valence-electron chi connectivity index (χ0n) is 16.1. The number of thiazole rings is 1. The van der Waals surface area contributed by atoms with Gasteiger partial charge >= 0.3 is 0 Å². The molecule has 1 aromatic heterocycles. The van der Waals surface area contributed by atoms with Crippen LogP contribution in [0, 0.1) is 27.2 Å². The van der Waals surface area contributed by atoms with Gasteiger partial charge in [0.05, 0.1) is 31.8 Å². The number of hydrogen-bond donors (Lipinski definition) is 0. The van der Waals surface area contributed by atoms with Crippen molar-refractivity contribution in [1.29, 1.82) is 0 Å². The predicted molar refractivity (Wildman–Crippen MR) is 118 cm³/mol. The average Bonchev–Trinajstić information content (AvgIpc) is 3.17. The Morgan fingerprint density at radius 2 is 1.55 bits per heavy atom. The van der Waals surface area contributed by atoms with Crippen LogP contribution < -0.4 is 4.90 Å². The van der Waals surface area contributed by atoms with Gasteiger partial charge < -0.3 is 0 Å². The number of nitrogens with zero attached hydrogens (tertiary/aromatic N) is 4. The van der Waals surface area contributed by atoms with Gasteiger partial charge in [-0.25, -0.2) is 4.98 Å². The van der Waals surface area contributed by atoms with Gasteiger partial charge in [0, 0.05) is 23.4 Å². The average molecular weight is 434 g/mol. The number of aryl methyl sites for hydroxylation is 1. The number of amides is 1. The zero-order valence-corrected chi connectivity index (χ0v) is 16.9. The van der Waals surface area contributed by atoms with Crippen LogP contribution in [0.5, 0.6) is 0 Å². The monoisotopic (exact) mass is 434 g/mol. The standard InChI is InChI=1S/C21H14N4O5S/c1-13-2-7-20-19(8-13)22-21(31-20)14-3-5-15(6-4-14)23(12-26)16-9-17(24(27)28)11-18(10-16)25(29)30/h2-12H,1H3. The number of carbonyl (C=O) groups is 1. The van der Waals surface area contributed by atoms with E-state index in [-0.39, 0.29) is 5.69 Å².